The van der Waals surface area contributed by atoms with Crippen molar-refractivity contribution in [2.45, 2.75) is 38.5 Å². The van der Waals surface area contributed by atoms with Gasteiger partial charge in [-0.15, -0.1) is 0 Å². The number of nitrogens with zero attached hydrogens (tertiary/aromatic N) is 2. The van der Waals surface area contributed by atoms with Crippen LogP contribution < -0.4 is 21.5 Å². The second kappa shape index (κ2) is 13.3. The van der Waals surface area contributed by atoms with E-state index in [1.54, 1.807) is 62.6 Å². The maximum atomic E-state index is 13.7. The van der Waals surface area contributed by atoms with E-state index in [1.165, 1.54) is 10.8 Å². The Hall–Kier alpha value is -5.42. The Labute approximate surface area is 253 Å². The highest BCUT2D eigenvalue weighted by molar-refractivity contribution is 6.09. The third-order valence-electron chi connectivity index (χ3n) is 7.29. The summed E-state index contributed by atoms with van der Waals surface area (Å²) >= 11 is 0. The lowest BCUT2D eigenvalue weighted by atomic mass is 10.0. The molecule has 4 aromatic rings. The van der Waals surface area contributed by atoms with Crippen LogP contribution in [0.1, 0.15) is 41.3 Å². The van der Waals surface area contributed by atoms with Crippen LogP contribution in [0.4, 0.5) is 11.4 Å². The number of hydrogen-bond donors (Lipinski definition) is 3. The number of anilines is 2. The molecule has 3 heterocycles. The fraction of sp³-hybridized carbons (Fsp3) is 0.212. The Bertz CT molecular complexity index is 1790. The van der Waals surface area contributed by atoms with Crippen LogP contribution in [0.15, 0.2) is 90.0 Å². The summed E-state index contributed by atoms with van der Waals surface area (Å²) in [6.07, 6.45) is 2.65. The van der Waals surface area contributed by atoms with Gasteiger partial charge in [-0.3, -0.25) is 29.0 Å². The van der Waals surface area contributed by atoms with Crippen LogP contribution in [0.3, 0.4) is 0 Å². The molecule has 0 bridgehead atoms. The first kappa shape index (κ1) is 30.1. The molecule has 1 saturated heterocycles. The van der Waals surface area contributed by atoms with E-state index in [4.69, 9.17) is 4.74 Å². The molecule has 11 nitrogen and oxygen atoms in total. The lowest BCUT2D eigenvalue weighted by molar-refractivity contribution is -0.146. The zero-order valence-electron chi connectivity index (χ0n) is 24.2. The number of pyridine rings is 2. The number of aromatic nitrogens is 2. The molecule has 1 aliphatic heterocycles. The number of hydrogen-bond acceptors (Lipinski definition) is 8. The van der Waals surface area contributed by atoms with Gasteiger partial charge in [0.2, 0.25) is 5.91 Å². The SMILES string of the molecule is CNC(C)C(=O)Nc1ccc(-c2ccccc2)n(Cc2cncc(C(=O)c3cccc(NC(=O)C4CCC(=O)O4)c3)c2)c1=O. The molecule has 2 aromatic heterocycles. The van der Waals surface area contributed by atoms with Gasteiger partial charge in [0.05, 0.1) is 18.3 Å². The van der Waals surface area contributed by atoms with Gasteiger partial charge in [0.1, 0.15) is 5.69 Å². The second-order valence-electron chi connectivity index (χ2n) is 10.4. The monoisotopic (exact) mass is 593 g/mol. The molecule has 3 N–H and O–H groups in total. The average molecular weight is 594 g/mol. The Balaban J connectivity index is 1.41. The molecule has 11 heteroatoms. The van der Waals surface area contributed by atoms with E-state index in [1.807, 2.05) is 30.3 Å². The molecule has 44 heavy (non-hydrogen) atoms. The van der Waals surface area contributed by atoms with E-state index in [9.17, 15) is 24.0 Å². The van der Waals surface area contributed by atoms with Crippen molar-refractivity contribution in [3.05, 3.63) is 112 Å². The number of esters is 1. The highest BCUT2D eigenvalue weighted by Gasteiger charge is 2.30. The van der Waals surface area contributed by atoms with Crippen molar-refractivity contribution in [1.82, 2.24) is 14.9 Å². The van der Waals surface area contributed by atoms with E-state index < -0.39 is 29.6 Å². The van der Waals surface area contributed by atoms with E-state index in [2.05, 4.69) is 20.9 Å². The maximum absolute atomic E-state index is 13.7. The number of ether oxygens (including phenoxy) is 1. The van der Waals surface area contributed by atoms with Crippen molar-refractivity contribution in [1.29, 1.82) is 0 Å². The van der Waals surface area contributed by atoms with Crippen LogP contribution in [0.25, 0.3) is 11.3 Å². The molecule has 5 rings (SSSR count). The predicted octanol–water partition coefficient (Wildman–Crippen LogP) is 3.38. The van der Waals surface area contributed by atoms with Gasteiger partial charge in [-0.05, 0) is 55.4 Å². The van der Waals surface area contributed by atoms with Crippen molar-refractivity contribution < 1.29 is 23.9 Å². The molecule has 2 aromatic carbocycles. The van der Waals surface area contributed by atoms with Crippen molar-refractivity contribution in [3.8, 4) is 11.3 Å². The smallest absolute Gasteiger partial charge is 0.306 e. The van der Waals surface area contributed by atoms with E-state index in [0.717, 1.165) is 5.56 Å². The summed E-state index contributed by atoms with van der Waals surface area (Å²) in [6, 6.07) is 20.3. The quantitative estimate of drug-likeness (QED) is 0.187. The fourth-order valence-electron chi connectivity index (χ4n) is 4.78. The van der Waals surface area contributed by atoms with Crippen molar-refractivity contribution >= 4 is 34.9 Å². The number of benzene rings is 2. The van der Waals surface area contributed by atoms with Crippen molar-refractivity contribution in [3.63, 3.8) is 0 Å². The molecule has 2 atom stereocenters. The summed E-state index contributed by atoms with van der Waals surface area (Å²) in [5.41, 5.74) is 2.74. The number of carbonyl (C=O) groups is 4. The van der Waals surface area contributed by atoms with E-state index in [0.29, 0.717) is 28.9 Å². The standard InChI is InChI=1S/C33H31N5O6/c1-20(34-2)31(41)37-26-11-12-27(22-7-4-3-5-8-22)38(33(26)43)19-21-15-24(18-35-17-21)30(40)23-9-6-10-25(16-23)36-32(42)28-13-14-29(39)44-28/h3-12,15-18,20,28,34H,13-14,19H2,1-2H3,(H,36,42)(H,37,41). The van der Waals surface area contributed by atoms with E-state index >= 15 is 0 Å². The first-order chi connectivity index (χ1) is 21.2. The Morgan fingerprint density at radius 2 is 1.75 bits per heavy atom. The third-order valence-corrected chi connectivity index (χ3v) is 7.29. The topological polar surface area (TPSA) is 148 Å². The van der Waals surface area contributed by atoms with Gasteiger partial charge in [-0.1, -0.05) is 42.5 Å². The van der Waals surface area contributed by atoms with Crippen LogP contribution in [0.2, 0.25) is 0 Å². The largest absolute Gasteiger partial charge is 0.452 e. The van der Waals surface area contributed by atoms with Gasteiger partial charge in [0.25, 0.3) is 11.5 Å². The number of carbonyl (C=O) groups excluding carboxylic acids is 4. The minimum Gasteiger partial charge on any atom is -0.452 e. The Kier molecular flexibility index (Phi) is 9.06. The number of rotatable bonds is 10. The molecule has 0 radical (unpaired) electrons. The molecule has 0 aliphatic carbocycles. The van der Waals surface area contributed by atoms with Gasteiger partial charge >= 0.3 is 5.97 Å². The fourth-order valence-corrected chi connectivity index (χ4v) is 4.78. The molecular formula is C33H31N5O6. The van der Waals surface area contributed by atoms with Crippen LogP contribution in [0.5, 0.6) is 0 Å². The molecule has 224 valence electrons. The highest BCUT2D eigenvalue weighted by atomic mass is 16.6. The summed E-state index contributed by atoms with van der Waals surface area (Å²) in [4.78, 5) is 67.8. The first-order valence-electron chi connectivity index (χ1n) is 14.1. The number of ketones is 1. The number of amides is 2. The van der Waals surface area contributed by atoms with Crippen LogP contribution in [0, 0.1) is 0 Å². The maximum Gasteiger partial charge on any atom is 0.306 e. The number of cyclic esters (lactones) is 1. The summed E-state index contributed by atoms with van der Waals surface area (Å²) < 4.78 is 6.55. The molecule has 2 amide bonds. The minimum atomic E-state index is -0.856. The predicted molar refractivity (Wildman–Crippen MR) is 164 cm³/mol. The summed E-state index contributed by atoms with van der Waals surface area (Å²) in [5, 5.41) is 8.25. The Morgan fingerprint density at radius 3 is 2.48 bits per heavy atom. The average Bonchev–Trinajstić information content (AvgIpc) is 3.49. The van der Waals surface area contributed by atoms with Crippen molar-refractivity contribution in [2.75, 3.05) is 17.7 Å². The molecule has 1 aliphatic rings. The second-order valence-corrected chi connectivity index (χ2v) is 10.4. The molecule has 1 fully saturated rings. The zero-order valence-corrected chi connectivity index (χ0v) is 24.2. The van der Waals surface area contributed by atoms with Gasteiger partial charge in [0, 0.05) is 42.0 Å². The van der Waals surface area contributed by atoms with Crippen LogP contribution in [-0.2, 0) is 25.7 Å². The molecular weight excluding hydrogens is 562 g/mol. The lowest BCUT2D eigenvalue weighted by Gasteiger charge is -2.17. The van der Waals surface area contributed by atoms with Crippen LogP contribution >= 0.6 is 0 Å². The lowest BCUT2D eigenvalue weighted by Crippen LogP contribution is -2.37. The summed E-state index contributed by atoms with van der Waals surface area (Å²) in [7, 11) is 1.66. The van der Waals surface area contributed by atoms with Gasteiger partial charge in [-0.2, -0.15) is 0 Å². The van der Waals surface area contributed by atoms with Gasteiger partial charge in [-0.25, -0.2) is 0 Å². The number of likely N-dealkylation sites (N-methyl/N-ethyl adjacent to an activating group) is 1. The van der Waals surface area contributed by atoms with Crippen LogP contribution in [-0.4, -0.2) is 52.3 Å². The van der Waals surface area contributed by atoms with Crippen molar-refractivity contribution in [2.24, 2.45) is 0 Å². The molecule has 2 unspecified atom stereocenters. The normalized spacial score (nSPS) is 14.9. The molecule has 0 saturated carbocycles. The highest BCUT2D eigenvalue weighted by Crippen LogP contribution is 2.22. The Morgan fingerprint density at radius 1 is 0.955 bits per heavy atom. The number of nitrogens with one attached hydrogen (secondary N) is 3. The zero-order chi connectivity index (χ0) is 31.2. The summed E-state index contributed by atoms with van der Waals surface area (Å²) in [6.45, 7) is 1.77. The van der Waals surface area contributed by atoms with Gasteiger partial charge in [0.15, 0.2) is 11.9 Å². The molecule has 0 spiro atoms. The minimum absolute atomic E-state index is 0.0820. The van der Waals surface area contributed by atoms with E-state index in [-0.39, 0.29) is 35.9 Å². The first-order valence-corrected chi connectivity index (χ1v) is 14.1. The third kappa shape index (κ3) is 6.79. The summed E-state index contributed by atoms with van der Waals surface area (Å²) in [5.74, 6) is -1.55. The van der Waals surface area contributed by atoms with Gasteiger partial charge < -0.3 is 25.3 Å².